The maximum absolute atomic E-state index is 9.29. The first-order valence-electron chi connectivity index (χ1n) is 6.66. The molecular formula is C13H25NO. The molecule has 0 radical (unpaired) electrons. The van der Waals surface area contributed by atoms with Crippen molar-refractivity contribution in [1.29, 1.82) is 0 Å². The van der Waals surface area contributed by atoms with Gasteiger partial charge >= 0.3 is 0 Å². The highest BCUT2D eigenvalue weighted by atomic mass is 16.3. The normalized spacial score (nSPS) is 32.0. The fourth-order valence-corrected chi connectivity index (χ4v) is 3.31. The van der Waals surface area contributed by atoms with Crippen LogP contribution in [-0.4, -0.2) is 22.8 Å². The number of aliphatic hydroxyl groups excluding tert-OH is 1. The van der Waals surface area contributed by atoms with Gasteiger partial charge in [0, 0.05) is 11.6 Å². The lowest BCUT2D eigenvalue weighted by molar-refractivity contribution is 0.174. The third-order valence-corrected chi connectivity index (χ3v) is 4.23. The molecule has 0 aromatic heterocycles. The Kier molecular flexibility index (Phi) is 3.68. The summed E-state index contributed by atoms with van der Waals surface area (Å²) in [6.07, 6.45) is 11.7. The molecule has 1 saturated carbocycles. The maximum Gasteiger partial charge on any atom is 0.0512 e. The highest BCUT2D eigenvalue weighted by molar-refractivity contribution is 4.99. The van der Waals surface area contributed by atoms with Gasteiger partial charge in [0.1, 0.15) is 0 Å². The predicted molar refractivity (Wildman–Crippen MR) is 62.9 cm³/mol. The van der Waals surface area contributed by atoms with Crippen LogP contribution in [0.5, 0.6) is 0 Å². The van der Waals surface area contributed by atoms with Crippen LogP contribution >= 0.6 is 0 Å². The highest BCUT2D eigenvalue weighted by Gasteiger charge is 2.38. The summed E-state index contributed by atoms with van der Waals surface area (Å²) in [5.74, 6) is 0. The molecule has 2 rings (SSSR count). The summed E-state index contributed by atoms with van der Waals surface area (Å²) in [6, 6.07) is 0.678. The minimum Gasteiger partial charge on any atom is -0.393 e. The molecule has 1 spiro atoms. The quantitative estimate of drug-likeness (QED) is 0.752. The van der Waals surface area contributed by atoms with E-state index in [1.54, 1.807) is 0 Å². The minimum atomic E-state index is -0.130. The van der Waals surface area contributed by atoms with E-state index in [0.29, 0.717) is 11.6 Å². The average Bonchev–Trinajstić information content (AvgIpc) is 2.60. The second-order valence-corrected chi connectivity index (χ2v) is 5.65. The van der Waals surface area contributed by atoms with Crippen LogP contribution in [0, 0.1) is 0 Å². The molecule has 88 valence electrons. The summed E-state index contributed by atoms with van der Waals surface area (Å²) in [5.41, 5.74) is 0.502. The van der Waals surface area contributed by atoms with E-state index in [9.17, 15) is 5.11 Å². The predicted octanol–water partition coefficient (Wildman–Crippen LogP) is 2.60. The van der Waals surface area contributed by atoms with Crippen molar-refractivity contribution in [2.24, 2.45) is 0 Å². The number of hydrogen-bond donors (Lipinski definition) is 2. The van der Waals surface area contributed by atoms with Gasteiger partial charge in [0.2, 0.25) is 0 Å². The van der Waals surface area contributed by atoms with Gasteiger partial charge in [-0.05, 0) is 45.4 Å². The van der Waals surface area contributed by atoms with Crippen LogP contribution in [0.1, 0.15) is 64.7 Å². The monoisotopic (exact) mass is 211 g/mol. The van der Waals surface area contributed by atoms with Gasteiger partial charge < -0.3 is 10.4 Å². The molecule has 2 N–H and O–H groups in total. The topological polar surface area (TPSA) is 32.3 Å². The maximum atomic E-state index is 9.29. The molecule has 2 unspecified atom stereocenters. The van der Waals surface area contributed by atoms with Crippen molar-refractivity contribution in [3.8, 4) is 0 Å². The van der Waals surface area contributed by atoms with Gasteiger partial charge in [0.25, 0.3) is 0 Å². The third-order valence-electron chi connectivity index (χ3n) is 4.23. The van der Waals surface area contributed by atoms with Crippen LogP contribution in [0.25, 0.3) is 0 Å². The van der Waals surface area contributed by atoms with Crippen LogP contribution in [0.15, 0.2) is 0 Å². The van der Waals surface area contributed by atoms with Gasteiger partial charge in [-0.25, -0.2) is 0 Å². The fraction of sp³-hybridized carbons (Fsp3) is 1.00. The summed E-state index contributed by atoms with van der Waals surface area (Å²) >= 11 is 0. The number of nitrogens with one attached hydrogen (secondary N) is 1. The van der Waals surface area contributed by atoms with Gasteiger partial charge in [0.05, 0.1) is 6.10 Å². The Balaban J connectivity index is 1.78. The molecule has 1 aliphatic heterocycles. The van der Waals surface area contributed by atoms with Crippen molar-refractivity contribution in [3.05, 3.63) is 0 Å². The van der Waals surface area contributed by atoms with Crippen molar-refractivity contribution in [1.82, 2.24) is 5.32 Å². The largest absolute Gasteiger partial charge is 0.393 e. The van der Waals surface area contributed by atoms with Crippen LogP contribution in [0.4, 0.5) is 0 Å². The molecule has 0 amide bonds. The number of hydrogen-bond acceptors (Lipinski definition) is 2. The van der Waals surface area contributed by atoms with Crippen molar-refractivity contribution in [3.63, 3.8) is 0 Å². The fourth-order valence-electron chi connectivity index (χ4n) is 3.31. The Bertz CT molecular complexity index is 197. The van der Waals surface area contributed by atoms with Crippen LogP contribution in [0.2, 0.25) is 0 Å². The van der Waals surface area contributed by atoms with E-state index in [1.807, 2.05) is 6.92 Å². The molecule has 0 aromatic rings. The molecule has 2 fully saturated rings. The molecule has 2 heteroatoms. The Labute approximate surface area is 93.5 Å². The van der Waals surface area contributed by atoms with E-state index in [1.165, 1.54) is 44.9 Å². The Morgan fingerprint density at radius 1 is 1.27 bits per heavy atom. The van der Waals surface area contributed by atoms with Gasteiger partial charge in [-0.1, -0.05) is 19.3 Å². The van der Waals surface area contributed by atoms with Crippen molar-refractivity contribution in [2.75, 3.05) is 0 Å². The smallest absolute Gasteiger partial charge is 0.0512 e. The molecule has 1 aliphatic carbocycles. The zero-order valence-corrected chi connectivity index (χ0v) is 9.97. The van der Waals surface area contributed by atoms with E-state index in [4.69, 9.17) is 0 Å². The SMILES string of the molecule is CC(O)CCC1CCC2(CCCCC2)N1. The summed E-state index contributed by atoms with van der Waals surface area (Å²) in [4.78, 5) is 0. The first kappa shape index (κ1) is 11.4. The lowest BCUT2D eigenvalue weighted by Crippen LogP contribution is -2.44. The second-order valence-electron chi connectivity index (χ2n) is 5.65. The van der Waals surface area contributed by atoms with Crippen molar-refractivity contribution in [2.45, 2.75) is 82.4 Å². The molecule has 2 atom stereocenters. The first-order valence-corrected chi connectivity index (χ1v) is 6.66. The molecular weight excluding hydrogens is 186 g/mol. The highest BCUT2D eigenvalue weighted by Crippen LogP contribution is 2.37. The molecule has 2 aliphatic rings. The number of rotatable bonds is 3. The standard InChI is InChI=1S/C13H25NO/c1-11(15)5-6-12-7-10-13(14-12)8-3-2-4-9-13/h11-12,14-15H,2-10H2,1H3. The van der Waals surface area contributed by atoms with E-state index >= 15 is 0 Å². The van der Waals surface area contributed by atoms with Crippen molar-refractivity contribution < 1.29 is 5.11 Å². The summed E-state index contributed by atoms with van der Waals surface area (Å²) in [6.45, 7) is 1.89. The van der Waals surface area contributed by atoms with Gasteiger partial charge in [-0.3, -0.25) is 0 Å². The molecule has 1 heterocycles. The van der Waals surface area contributed by atoms with Crippen LogP contribution in [-0.2, 0) is 0 Å². The zero-order valence-electron chi connectivity index (χ0n) is 9.97. The Hall–Kier alpha value is -0.0800. The van der Waals surface area contributed by atoms with E-state index in [0.717, 1.165) is 12.8 Å². The minimum absolute atomic E-state index is 0.130. The van der Waals surface area contributed by atoms with Gasteiger partial charge in [-0.15, -0.1) is 0 Å². The molecule has 0 bridgehead atoms. The lowest BCUT2D eigenvalue weighted by Gasteiger charge is -2.34. The van der Waals surface area contributed by atoms with E-state index in [2.05, 4.69) is 5.32 Å². The summed E-state index contributed by atoms with van der Waals surface area (Å²) < 4.78 is 0. The molecule has 2 nitrogen and oxygen atoms in total. The van der Waals surface area contributed by atoms with Crippen LogP contribution < -0.4 is 5.32 Å². The van der Waals surface area contributed by atoms with E-state index < -0.39 is 0 Å². The summed E-state index contributed by atoms with van der Waals surface area (Å²) in [7, 11) is 0. The Morgan fingerprint density at radius 3 is 2.67 bits per heavy atom. The first-order chi connectivity index (χ1) is 7.20. The van der Waals surface area contributed by atoms with Crippen molar-refractivity contribution >= 4 is 0 Å². The summed E-state index contributed by atoms with van der Waals surface area (Å²) in [5, 5.41) is 13.1. The number of aliphatic hydroxyl groups is 1. The molecule has 0 aromatic carbocycles. The third kappa shape index (κ3) is 2.94. The molecule has 15 heavy (non-hydrogen) atoms. The van der Waals surface area contributed by atoms with Gasteiger partial charge in [0.15, 0.2) is 0 Å². The molecule has 1 saturated heterocycles. The Morgan fingerprint density at radius 2 is 2.00 bits per heavy atom. The lowest BCUT2D eigenvalue weighted by atomic mass is 9.81. The zero-order chi connectivity index (χ0) is 10.7. The van der Waals surface area contributed by atoms with Gasteiger partial charge in [-0.2, -0.15) is 0 Å². The van der Waals surface area contributed by atoms with Crippen LogP contribution in [0.3, 0.4) is 0 Å². The second kappa shape index (κ2) is 4.84. The van der Waals surface area contributed by atoms with E-state index in [-0.39, 0.29) is 6.10 Å². The average molecular weight is 211 g/mol.